The van der Waals surface area contributed by atoms with Gasteiger partial charge in [-0.25, -0.2) is 0 Å². The van der Waals surface area contributed by atoms with E-state index in [0.717, 1.165) is 33.8 Å². The van der Waals surface area contributed by atoms with Crippen LogP contribution in [0.5, 0.6) is 0 Å². The molecular formula is C26H24N4O3. The van der Waals surface area contributed by atoms with Gasteiger partial charge in [0.1, 0.15) is 11.5 Å². The molecule has 33 heavy (non-hydrogen) atoms. The number of hydrogen-bond donors (Lipinski definition) is 2. The van der Waals surface area contributed by atoms with Crippen LogP contribution >= 0.6 is 0 Å². The van der Waals surface area contributed by atoms with Crippen LogP contribution in [0.1, 0.15) is 24.0 Å². The number of rotatable bonds is 8. The first-order chi connectivity index (χ1) is 16.2. The highest BCUT2D eigenvalue weighted by Crippen LogP contribution is 2.37. The molecule has 2 aliphatic rings. The topological polar surface area (TPSA) is 103 Å². The lowest BCUT2D eigenvalue weighted by atomic mass is 9.96. The molecule has 2 aromatic carbocycles. The third kappa shape index (κ3) is 3.86. The van der Waals surface area contributed by atoms with E-state index in [9.17, 15) is 10.2 Å². The lowest BCUT2D eigenvalue weighted by molar-refractivity contribution is 0.245. The zero-order chi connectivity index (χ0) is 22.7. The van der Waals surface area contributed by atoms with E-state index in [1.54, 1.807) is 24.9 Å². The number of aliphatic hydroxyl groups excluding tert-OH is 2. The van der Waals surface area contributed by atoms with Gasteiger partial charge in [0, 0.05) is 73.2 Å². The first-order valence-electron chi connectivity index (χ1n) is 10.9. The molecule has 0 radical (unpaired) electrons. The van der Waals surface area contributed by atoms with Gasteiger partial charge in [-0.05, 0) is 12.1 Å². The second-order valence-electron chi connectivity index (χ2n) is 8.01. The Morgan fingerprint density at radius 1 is 0.545 bits per heavy atom. The lowest BCUT2D eigenvalue weighted by Crippen LogP contribution is -2.20. The van der Waals surface area contributed by atoms with Crippen molar-refractivity contribution in [1.29, 1.82) is 0 Å². The highest BCUT2D eigenvalue weighted by Gasteiger charge is 2.32. The number of furan rings is 1. The molecule has 166 valence electrons. The average molecular weight is 441 g/mol. The summed E-state index contributed by atoms with van der Waals surface area (Å²) in [6.07, 6.45) is 7.57. The largest absolute Gasteiger partial charge is 0.456 e. The van der Waals surface area contributed by atoms with Crippen molar-refractivity contribution >= 4 is 24.9 Å². The van der Waals surface area contributed by atoms with Crippen LogP contribution in [0, 0.1) is 0 Å². The zero-order valence-electron chi connectivity index (χ0n) is 18.0. The van der Waals surface area contributed by atoms with Gasteiger partial charge in [0.05, 0.1) is 0 Å². The van der Waals surface area contributed by atoms with Gasteiger partial charge in [-0.1, -0.05) is 48.5 Å². The van der Waals surface area contributed by atoms with Crippen LogP contribution in [0.4, 0.5) is 0 Å². The maximum Gasteiger partial charge on any atom is 0.177 e. The van der Waals surface area contributed by atoms with Gasteiger partial charge in [-0.3, -0.25) is 20.0 Å². The fourth-order valence-corrected chi connectivity index (χ4v) is 4.30. The molecule has 0 amide bonds. The Morgan fingerprint density at radius 3 is 1.24 bits per heavy atom. The van der Waals surface area contributed by atoms with Crippen molar-refractivity contribution < 1.29 is 14.6 Å². The summed E-state index contributed by atoms with van der Waals surface area (Å²) in [7, 11) is 0. The summed E-state index contributed by atoms with van der Waals surface area (Å²) in [5.74, 6) is 1.52. The van der Waals surface area contributed by atoms with Crippen molar-refractivity contribution in [3.05, 3.63) is 71.8 Å². The molecule has 0 fully saturated rings. The third-order valence-electron chi connectivity index (χ3n) is 6.08. The normalized spacial score (nSPS) is 17.3. The minimum absolute atomic E-state index is 0.0105. The molecule has 2 aliphatic heterocycles. The Balaban J connectivity index is 1.36. The maximum absolute atomic E-state index is 9.43. The minimum Gasteiger partial charge on any atom is -0.456 e. The van der Waals surface area contributed by atoms with E-state index >= 15 is 0 Å². The molecule has 0 bridgehead atoms. The molecule has 1 aromatic heterocycles. The van der Waals surface area contributed by atoms with Gasteiger partial charge < -0.3 is 14.6 Å². The Kier molecular flexibility index (Phi) is 5.58. The summed E-state index contributed by atoms with van der Waals surface area (Å²) in [6, 6.07) is 19.7. The predicted octanol–water partition coefficient (Wildman–Crippen LogP) is 3.99. The van der Waals surface area contributed by atoms with E-state index in [2.05, 4.69) is 20.0 Å². The lowest BCUT2D eigenvalue weighted by Gasteiger charge is -2.22. The summed E-state index contributed by atoms with van der Waals surface area (Å²) in [5, 5.41) is 18.9. The molecule has 0 aliphatic carbocycles. The molecular weight excluding hydrogens is 416 g/mol. The second-order valence-corrected chi connectivity index (χ2v) is 8.01. The monoisotopic (exact) mass is 440 g/mol. The molecule has 0 spiro atoms. The first kappa shape index (κ1) is 21.2. The molecule has 7 heteroatoms. The fraction of sp³-hybridized carbons (Fsp3) is 0.231. The van der Waals surface area contributed by atoms with Gasteiger partial charge in [0.2, 0.25) is 0 Å². The van der Waals surface area contributed by atoms with Crippen LogP contribution in [0.3, 0.4) is 0 Å². The summed E-state index contributed by atoms with van der Waals surface area (Å²) >= 11 is 0. The number of aliphatic imine (C=N–C) groups is 4. The summed E-state index contributed by atoms with van der Waals surface area (Å²) in [6.45, 7) is 0.0210. The first-order valence-corrected chi connectivity index (χ1v) is 10.9. The number of nitrogens with zero attached hydrogens (tertiary/aromatic N) is 4. The third-order valence-corrected chi connectivity index (χ3v) is 6.08. The molecule has 7 nitrogen and oxygen atoms in total. The molecule has 3 aromatic rings. The molecule has 5 rings (SSSR count). The minimum atomic E-state index is -0.732. The molecule has 0 atom stereocenters. The fourth-order valence-electron chi connectivity index (χ4n) is 4.30. The van der Waals surface area contributed by atoms with Crippen molar-refractivity contribution in [2.24, 2.45) is 20.0 Å². The molecule has 2 N–H and O–H groups in total. The Labute approximate surface area is 191 Å². The standard InChI is InChI=1S/C26H24N4O3/c31-17-11-25(27-13-14-28-25)21-5-1-19(2-6-21)23-9-10-24(33-23)20-3-7-22(8-4-20)26(12-18-32)29-15-16-30-26/h1-10,13-16,31-32H,11-12,17-18H2. The van der Waals surface area contributed by atoms with E-state index < -0.39 is 11.3 Å². The van der Waals surface area contributed by atoms with Gasteiger partial charge in [-0.2, -0.15) is 0 Å². The molecule has 0 unspecified atom stereocenters. The van der Waals surface area contributed by atoms with Crippen LogP contribution in [0.25, 0.3) is 22.6 Å². The van der Waals surface area contributed by atoms with E-state index in [4.69, 9.17) is 4.42 Å². The zero-order valence-corrected chi connectivity index (χ0v) is 18.0. The SMILES string of the molecule is OCCC1(c2ccc(-c3ccc(-c4ccc(C5(CCO)N=CC=N5)cc4)o3)cc2)N=CC=N1. The van der Waals surface area contributed by atoms with Gasteiger partial charge in [-0.15, -0.1) is 0 Å². The quantitative estimate of drug-likeness (QED) is 0.553. The number of hydrogen-bond acceptors (Lipinski definition) is 7. The van der Waals surface area contributed by atoms with Gasteiger partial charge >= 0.3 is 0 Å². The van der Waals surface area contributed by atoms with Gasteiger partial charge in [0.25, 0.3) is 0 Å². The molecule has 0 saturated carbocycles. The van der Waals surface area contributed by atoms with Crippen molar-refractivity contribution in [3.8, 4) is 22.6 Å². The number of benzene rings is 2. The Bertz CT molecular complexity index is 1120. The van der Waals surface area contributed by atoms with Crippen LogP contribution in [-0.2, 0) is 11.3 Å². The summed E-state index contributed by atoms with van der Waals surface area (Å²) in [4.78, 5) is 17.9. The van der Waals surface area contributed by atoms with Gasteiger partial charge in [0.15, 0.2) is 11.3 Å². The highest BCUT2D eigenvalue weighted by atomic mass is 16.3. The van der Waals surface area contributed by atoms with Crippen molar-refractivity contribution in [1.82, 2.24) is 0 Å². The predicted molar refractivity (Wildman–Crippen MR) is 130 cm³/mol. The molecule has 0 saturated heterocycles. The number of aliphatic hydroxyl groups is 2. The molecule has 3 heterocycles. The highest BCUT2D eigenvalue weighted by molar-refractivity contribution is 6.18. The second kappa shape index (κ2) is 8.69. The van der Waals surface area contributed by atoms with E-state index in [1.807, 2.05) is 60.7 Å². The smallest absolute Gasteiger partial charge is 0.177 e. The maximum atomic E-state index is 9.43. The van der Waals surface area contributed by atoms with E-state index in [-0.39, 0.29) is 13.2 Å². The summed E-state index contributed by atoms with van der Waals surface area (Å²) in [5.41, 5.74) is 2.30. The van der Waals surface area contributed by atoms with Crippen molar-refractivity contribution in [2.45, 2.75) is 24.2 Å². The van der Waals surface area contributed by atoms with E-state index in [0.29, 0.717) is 12.8 Å². The average Bonchev–Trinajstić information content (AvgIpc) is 3.62. The Morgan fingerprint density at radius 2 is 0.909 bits per heavy atom. The summed E-state index contributed by atoms with van der Waals surface area (Å²) < 4.78 is 6.13. The van der Waals surface area contributed by atoms with Crippen molar-refractivity contribution in [3.63, 3.8) is 0 Å². The van der Waals surface area contributed by atoms with Crippen LogP contribution < -0.4 is 0 Å². The van der Waals surface area contributed by atoms with Crippen LogP contribution in [0.2, 0.25) is 0 Å². The Hall–Kier alpha value is -3.68. The van der Waals surface area contributed by atoms with Crippen molar-refractivity contribution in [2.75, 3.05) is 13.2 Å². The van der Waals surface area contributed by atoms with Crippen LogP contribution in [-0.4, -0.2) is 48.3 Å². The van der Waals surface area contributed by atoms with E-state index in [1.165, 1.54) is 0 Å². The van der Waals surface area contributed by atoms with Crippen LogP contribution in [0.15, 0.2) is 85.1 Å².